The van der Waals surface area contributed by atoms with Crippen molar-refractivity contribution in [3.63, 3.8) is 0 Å². The Bertz CT molecular complexity index is 1760. The van der Waals surface area contributed by atoms with Gasteiger partial charge < -0.3 is 19.7 Å². The summed E-state index contributed by atoms with van der Waals surface area (Å²) in [5, 5.41) is 3.54. The second kappa shape index (κ2) is 15.4. The molecule has 0 saturated heterocycles. The van der Waals surface area contributed by atoms with Crippen molar-refractivity contribution >= 4 is 39.1 Å². The summed E-state index contributed by atoms with van der Waals surface area (Å²) >= 11 is 6.16. The topological polar surface area (TPSA) is 105 Å². The number of sulfonamides is 1. The Morgan fingerprint density at radius 2 is 1.43 bits per heavy atom. The lowest BCUT2D eigenvalue weighted by molar-refractivity contribution is -0.140. The quantitative estimate of drug-likeness (QED) is 0.183. The van der Waals surface area contributed by atoms with Gasteiger partial charge in [0.25, 0.3) is 10.0 Å². The van der Waals surface area contributed by atoms with Crippen LogP contribution in [-0.2, 0) is 32.6 Å². The van der Waals surface area contributed by atoms with Crippen LogP contribution in [0.15, 0.2) is 108 Å². The van der Waals surface area contributed by atoms with E-state index >= 15 is 0 Å². The molecule has 4 rings (SSSR count). The van der Waals surface area contributed by atoms with Gasteiger partial charge in [-0.3, -0.25) is 13.9 Å². The number of anilines is 1. The number of methoxy groups -OCH3 is 2. The van der Waals surface area contributed by atoms with Gasteiger partial charge in [-0.1, -0.05) is 66.2 Å². The van der Waals surface area contributed by atoms with E-state index < -0.39 is 34.1 Å². The van der Waals surface area contributed by atoms with Crippen LogP contribution >= 0.6 is 11.6 Å². The second-order valence-electron chi connectivity index (χ2n) is 12.0. The van der Waals surface area contributed by atoms with Crippen LogP contribution in [-0.4, -0.2) is 57.5 Å². The van der Waals surface area contributed by atoms with Crippen LogP contribution in [0.25, 0.3) is 0 Å². The largest absolute Gasteiger partial charge is 0.497 e. The number of para-hydroxylation sites is 2. The molecule has 0 saturated carbocycles. The van der Waals surface area contributed by atoms with Crippen LogP contribution in [0.4, 0.5) is 5.69 Å². The molecule has 47 heavy (non-hydrogen) atoms. The average Bonchev–Trinajstić information content (AvgIpc) is 3.05. The minimum atomic E-state index is -4.32. The van der Waals surface area contributed by atoms with Gasteiger partial charge in [0.1, 0.15) is 24.1 Å². The van der Waals surface area contributed by atoms with Gasteiger partial charge in [0.05, 0.1) is 24.8 Å². The number of halogens is 1. The molecule has 4 aromatic rings. The first-order chi connectivity index (χ1) is 22.3. The number of nitrogens with one attached hydrogen (secondary N) is 1. The van der Waals surface area contributed by atoms with Crippen molar-refractivity contribution in [1.29, 1.82) is 0 Å². The van der Waals surface area contributed by atoms with E-state index in [-0.39, 0.29) is 35.2 Å². The molecule has 0 fully saturated rings. The van der Waals surface area contributed by atoms with Crippen LogP contribution in [0.1, 0.15) is 31.9 Å². The summed E-state index contributed by atoms with van der Waals surface area (Å²) in [6.07, 6.45) is 0.196. The van der Waals surface area contributed by atoms with Gasteiger partial charge in [0.15, 0.2) is 0 Å². The van der Waals surface area contributed by atoms with E-state index in [1.807, 2.05) is 51.1 Å². The highest BCUT2D eigenvalue weighted by Gasteiger charge is 2.36. The lowest BCUT2D eigenvalue weighted by atomic mass is 10.0. The number of nitrogens with zero attached hydrogens (tertiary/aromatic N) is 2. The Hall–Kier alpha value is -4.54. The van der Waals surface area contributed by atoms with Crippen LogP contribution in [0, 0.1) is 0 Å². The lowest BCUT2D eigenvalue weighted by Gasteiger charge is -2.35. The fourth-order valence-electron chi connectivity index (χ4n) is 5.02. The van der Waals surface area contributed by atoms with Crippen molar-refractivity contribution in [3.8, 4) is 11.5 Å². The Morgan fingerprint density at radius 3 is 2.02 bits per heavy atom. The Balaban J connectivity index is 1.84. The normalized spacial score (nSPS) is 12.1. The maximum absolute atomic E-state index is 14.6. The Morgan fingerprint density at radius 1 is 0.809 bits per heavy atom. The number of carbonyl (C=O) groups is 2. The number of benzene rings is 4. The summed E-state index contributed by atoms with van der Waals surface area (Å²) in [7, 11) is -1.40. The highest BCUT2D eigenvalue weighted by atomic mass is 35.5. The van der Waals surface area contributed by atoms with Crippen molar-refractivity contribution in [1.82, 2.24) is 10.2 Å². The van der Waals surface area contributed by atoms with Gasteiger partial charge in [0.2, 0.25) is 11.8 Å². The van der Waals surface area contributed by atoms with Gasteiger partial charge >= 0.3 is 0 Å². The van der Waals surface area contributed by atoms with Crippen LogP contribution in [0.5, 0.6) is 11.5 Å². The van der Waals surface area contributed by atoms with E-state index in [0.717, 1.165) is 9.87 Å². The zero-order valence-electron chi connectivity index (χ0n) is 27.1. The molecule has 1 atom stereocenters. The number of ether oxygens (including phenoxy) is 2. The molecule has 248 valence electrons. The minimum absolute atomic E-state index is 0.0212. The molecule has 0 aromatic heterocycles. The van der Waals surface area contributed by atoms with Gasteiger partial charge in [-0.15, -0.1) is 0 Å². The zero-order chi connectivity index (χ0) is 34.2. The fourth-order valence-corrected chi connectivity index (χ4v) is 6.57. The average molecular weight is 678 g/mol. The first kappa shape index (κ1) is 35.3. The predicted molar refractivity (Wildman–Crippen MR) is 184 cm³/mol. The molecule has 9 nitrogen and oxygen atoms in total. The van der Waals surface area contributed by atoms with Crippen molar-refractivity contribution in [2.24, 2.45) is 0 Å². The van der Waals surface area contributed by atoms with Crippen molar-refractivity contribution < 1.29 is 27.5 Å². The molecule has 0 spiro atoms. The summed E-state index contributed by atoms with van der Waals surface area (Å²) < 4.78 is 40.4. The zero-order valence-corrected chi connectivity index (χ0v) is 28.7. The van der Waals surface area contributed by atoms with Crippen molar-refractivity contribution in [2.45, 2.75) is 50.2 Å². The third-order valence-electron chi connectivity index (χ3n) is 7.32. The molecular formula is C36H40ClN3O6S. The highest BCUT2D eigenvalue weighted by Crippen LogP contribution is 2.33. The maximum atomic E-state index is 14.6. The first-order valence-electron chi connectivity index (χ1n) is 15.0. The van der Waals surface area contributed by atoms with Crippen molar-refractivity contribution in [2.75, 3.05) is 25.1 Å². The van der Waals surface area contributed by atoms with Crippen molar-refractivity contribution in [3.05, 3.63) is 119 Å². The first-order valence-corrected chi connectivity index (χ1v) is 16.8. The fraction of sp³-hybridized carbons (Fsp3) is 0.278. The monoisotopic (exact) mass is 677 g/mol. The summed E-state index contributed by atoms with van der Waals surface area (Å²) in [4.78, 5) is 30.0. The van der Waals surface area contributed by atoms with E-state index in [2.05, 4.69) is 5.32 Å². The molecule has 0 aliphatic carbocycles. The SMILES string of the molecule is COc1ccc(S(=O)(=O)N(CC(=O)N(Cc2ccc(Cl)cc2)[C@H](Cc2ccccc2)C(=O)NC(C)(C)C)c2ccccc2OC)cc1. The van der Waals surface area contributed by atoms with Gasteiger partial charge in [-0.05, 0) is 80.4 Å². The summed E-state index contributed by atoms with van der Waals surface area (Å²) in [5.41, 5.74) is 1.13. The minimum Gasteiger partial charge on any atom is -0.497 e. The molecule has 4 aromatic carbocycles. The molecule has 0 bridgehead atoms. The molecule has 0 aliphatic rings. The third-order valence-corrected chi connectivity index (χ3v) is 9.34. The Labute approximate surface area is 282 Å². The molecule has 0 unspecified atom stereocenters. The predicted octanol–water partition coefficient (Wildman–Crippen LogP) is 6.11. The molecule has 0 aliphatic heterocycles. The van der Waals surface area contributed by atoms with E-state index in [0.29, 0.717) is 16.3 Å². The Kier molecular flexibility index (Phi) is 11.5. The third kappa shape index (κ3) is 9.27. The number of rotatable bonds is 13. The molecule has 11 heteroatoms. The maximum Gasteiger partial charge on any atom is 0.264 e. The molecule has 2 amide bonds. The van der Waals surface area contributed by atoms with E-state index in [4.69, 9.17) is 21.1 Å². The molecule has 0 radical (unpaired) electrons. The van der Waals surface area contributed by atoms with Gasteiger partial charge in [0, 0.05) is 23.5 Å². The number of hydrogen-bond acceptors (Lipinski definition) is 6. The molecule has 0 heterocycles. The summed E-state index contributed by atoms with van der Waals surface area (Å²) in [6.45, 7) is 4.99. The standard InChI is InChI=1S/C36H40ClN3O6S/c1-36(2,3)38-35(42)32(23-26-11-7-6-8-12-26)39(24-27-15-17-28(37)18-16-27)34(41)25-40(31-13-9-10-14-33(31)46-5)47(43,44)30-21-19-29(45-4)20-22-30/h6-22,32H,23-25H2,1-5H3,(H,38,42)/t32-/m1/s1. The van der Waals surface area contributed by atoms with Gasteiger partial charge in [-0.25, -0.2) is 8.42 Å². The molecular weight excluding hydrogens is 638 g/mol. The number of hydrogen-bond donors (Lipinski definition) is 1. The lowest BCUT2D eigenvalue weighted by Crippen LogP contribution is -2.56. The van der Waals surface area contributed by atoms with E-state index in [1.54, 1.807) is 48.5 Å². The van der Waals surface area contributed by atoms with E-state index in [9.17, 15) is 18.0 Å². The van der Waals surface area contributed by atoms with E-state index in [1.165, 1.54) is 43.4 Å². The smallest absolute Gasteiger partial charge is 0.264 e. The highest BCUT2D eigenvalue weighted by molar-refractivity contribution is 7.92. The number of amides is 2. The van der Waals surface area contributed by atoms with Crippen LogP contribution < -0.4 is 19.1 Å². The summed E-state index contributed by atoms with van der Waals surface area (Å²) in [5.74, 6) is -0.224. The van der Waals surface area contributed by atoms with Crippen LogP contribution in [0.2, 0.25) is 5.02 Å². The summed E-state index contributed by atoms with van der Waals surface area (Å²) in [6, 6.07) is 27.8. The molecule has 1 N–H and O–H groups in total. The van der Waals surface area contributed by atoms with Gasteiger partial charge in [-0.2, -0.15) is 0 Å². The number of carbonyl (C=O) groups excluding carboxylic acids is 2. The van der Waals surface area contributed by atoms with Crippen LogP contribution in [0.3, 0.4) is 0 Å². The second-order valence-corrected chi connectivity index (χ2v) is 14.3.